The second-order valence-corrected chi connectivity index (χ2v) is 7.52. The van der Waals surface area contributed by atoms with Gasteiger partial charge in [0.1, 0.15) is 5.02 Å². The molecule has 0 aliphatic heterocycles. The molecule has 0 aliphatic carbocycles. The third kappa shape index (κ3) is 4.96. The number of nitrogens with zero attached hydrogens (tertiary/aromatic N) is 4. The summed E-state index contributed by atoms with van der Waals surface area (Å²) in [4.78, 5) is 12.2. The third-order valence-electron chi connectivity index (χ3n) is 3.92. The maximum absolute atomic E-state index is 12.2. The van der Waals surface area contributed by atoms with Gasteiger partial charge in [0, 0.05) is 22.7 Å². The second kappa shape index (κ2) is 8.52. The fraction of sp³-hybridized carbons (Fsp3) is 0.235. The second-order valence-electron chi connectivity index (χ2n) is 5.86. The lowest BCUT2D eigenvalue weighted by atomic mass is 10.2. The number of hydrogen-bond donors (Lipinski definition) is 1. The summed E-state index contributed by atoms with van der Waals surface area (Å²) in [6.45, 7) is 2.65. The zero-order chi connectivity index (χ0) is 19.6. The first kappa shape index (κ1) is 20.0. The van der Waals surface area contributed by atoms with Crippen LogP contribution in [0.15, 0.2) is 30.6 Å². The normalized spacial score (nSPS) is 11.0. The number of amides is 1. The van der Waals surface area contributed by atoms with E-state index in [1.54, 1.807) is 33.9 Å². The highest BCUT2D eigenvalue weighted by atomic mass is 35.5. The number of carbonyl (C=O) groups is 1. The Hall–Kier alpha value is -1.73. The average molecular weight is 447 g/mol. The number of benzene rings is 1. The summed E-state index contributed by atoms with van der Waals surface area (Å²) in [5.74, 6) is 0.0691. The topological polar surface area (TPSA) is 64.7 Å². The lowest BCUT2D eigenvalue weighted by Crippen LogP contribution is -2.16. The van der Waals surface area contributed by atoms with Crippen LogP contribution in [0.25, 0.3) is 0 Å². The number of carbonyl (C=O) groups excluding carboxylic acids is 1. The lowest BCUT2D eigenvalue weighted by Gasteiger charge is -2.06. The highest BCUT2D eigenvalue weighted by Crippen LogP contribution is 2.24. The first-order chi connectivity index (χ1) is 12.8. The van der Waals surface area contributed by atoms with Gasteiger partial charge in [-0.25, -0.2) is 0 Å². The van der Waals surface area contributed by atoms with Crippen LogP contribution >= 0.6 is 46.4 Å². The van der Waals surface area contributed by atoms with Gasteiger partial charge in [-0.05, 0) is 24.6 Å². The van der Waals surface area contributed by atoms with Gasteiger partial charge < -0.3 is 5.32 Å². The monoisotopic (exact) mass is 445 g/mol. The largest absolute Gasteiger partial charge is 0.308 e. The molecule has 2 aromatic heterocycles. The predicted octanol–water partition coefficient (Wildman–Crippen LogP) is 5.08. The van der Waals surface area contributed by atoms with Crippen LogP contribution in [0.1, 0.15) is 17.7 Å². The number of anilines is 1. The molecule has 1 amide bonds. The molecule has 0 atom stereocenters. The molecule has 0 unspecified atom stereocenters. The molecule has 2 heterocycles. The van der Waals surface area contributed by atoms with Crippen LogP contribution in [0.4, 0.5) is 5.82 Å². The summed E-state index contributed by atoms with van der Waals surface area (Å²) in [6, 6.07) is 5.23. The Morgan fingerprint density at radius 2 is 1.93 bits per heavy atom. The molecule has 27 heavy (non-hydrogen) atoms. The molecule has 0 saturated heterocycles. The van der Waals surface area contributed by atoms with Crippen LogP contribution in [0.5, 0.6) is 0 Å². The maximum Gasteiger partial charge on any atom is 0.227 e. The van der Waals surface area contributed by atoms with Gasteiger partial charge in [0.25, 0.3) is 0 Å². The van der Waals surface area contributed by atoms with Crippen LogP contribution < -0.4 is 5.32 Å². The van der Waals surface area contributed by atoms with Gasteiger partial charge in [0.05, 0.1) is 30.0 Å². The van der Waals surface area contributed by atoms with E-state index in [2.05, 4.69) is 15.5 Å². The number of aryl methyl sites for hydroxylation is 1. The standard InChI is InChI=1S/C17H15Cl4N5O/c1-10-14(20)7-22-26(10)5-4-16(27)23-17-15(21)9-25(24-17)8-11-2-3-12(18)6-13(11)19/h2-3,6-7,9H,4-5,8H2,1H3,(H,23,24,27). The highest BCUT2D eigenvalue weighted by molar-refractivity contribution is 6.35. The predicted molar refractivity (Wildman–Crippen MR) is 108 cm³/mol. The Labute approximate surface area is 176 Å². The molecule has 0 saturated carbocycles. The average Bonchev–Trinajstić information content (AvgIpc) is 3.11. The Morgan fingerprint density at radius 1 is 1.15 bits per heavy atom. The number of nitrogens with one attached hydrogen (secondary N) is 1. The lowest BCUT2D eigenvalue weighted by molar-refractivity contribution is -0.116. The van der Waals surface area contributed by atoms with Crippen molar-refractivity contribution in [1.29, 1.82) is 0 Å². The number of aromatic nitrogens is 4. The van der Waals surface area contributed by atoms with Crippen molar-refractivity contribution < 1.29 is 4.79 Å². The van der Waals surface area contributed by atoms with E-state index in [-0.39, 0.29) is 12.3 Å². The van der Waals surface area contributed by atoms with Crippen molar-refractivity contribution in [3.05, 3.63) is 61.9 Å². The Kier molecular flexibility index (Phi) is 6.32. The van der Waals surface area contributed by atoms with Gasteiger partial charge in [-0.2, -0.15) is 10.2 Å². The summed E-state index contributed by atoms with van der Waals surface area (Å²) >= 11 is 24.2. The van der Waals surface area contributed by atoms with E-state index in [9.17, 15) is 4.79 Å². The first-order valence-corrected chi connectivity index (χ1v) is 9.49. The number of halogens is 4. The smallest absolute Gasteiger partial charge is 0.227 e. The van der Waals surface area contributed by atoms with Crippen molar-refractivity contribution in [3.8, 4) is 0 Å². The van der Waals surface area contributed by atoms with Gasteiger partial charge >= 0.3 is 0 Å². The highest BCUT2D eigenvalue weighted by Gasteiger charge is 2.13. The van der Waals surface area contributed by atoms with E-state index in [1.165, 1.54) is 0 Å². The Morgan fingerprint density at radius 3 is 2.59 bits per heavy atom. The SMILES string of the molecule is Cc1c(Cl)cnn1CCC(=O)Nc1nn(Cc2ccc(Cl)cc2Cl)cc1Cl. The summed E-state index contributed by atoms with van der Waals surface area (Å²) in [6.07, 6.45) is 3.39. The van der Waals surface area contributed by atoms with E-state index < -0.39 is 0 Å². The van der Waals surface area contributed by atoms with Crippen molar-refractivity contribution in [1.82, 2.24) is 19.6 Å². The first-order valence-electron chi connectivity index (χ1n) is 7.98. The quantitative estimate of drug-likeness (QED) is 0.574. The Bertz CT molecular complexity index is 982. The molecule has 10 heteroatoms. The zero-order valence-electron chi connectivity index (χ0n) is 14.2. The minimum Gasteiger partial charge on any atom is -0.308 e. The zero-order valence-corrected chi connectivity index (χ0v) is 17.2. The molecule has 0 fully saturated rings. The third-order valence-corrected chi connectivity index (χ3v) is 5.15. The van der Waals surface area contributed by atoms with Gasteiger partial charge in [0.15, 0.2) is 5.82 Å². The van der Waals surface area contributed by atoms with Gasteiger partial charge in [-0.1, -0.05) is 52.5 Å². The van der Waals surface area contributed by atoms with Gasteiger partial charge in [-0.3, -0.25) is 14.2 Å². The van der Waals surface area contributed by atoms with Crippen LogP contribution in [-0.4, -0.2) is 25.5 Å². The maximum atomic E-state index is 12.2. The van der Waals surface area contributed by atoms with E-state index in [4.69, 9.17) is 46.4 Å². The van der Waals surface area contributed by atoms with Crippen LogP contribution in [0.2, 0.25) is 20.1 Å². The van der Waals surface area contributed by atoms with E-state index >= 15 is 0 Å². The minimum atomic E-state index is -0.224. The van der Waals surface area contributed by atoms with Crippen molar-refractivity contribution in [3.63, 3.8) is 0 Å². The molecular formula is C17H15Cl4N5O. The van der Waals surface area contributed by atoms with Crippen molar-refractivity contribution in [2.24, 2.45) is 0 Å². The molecule has 0 radical (unpaired) electrons. The van der Waals surface area contributed by atoms with Gasteiger partial charge in [-0.15, -0.1) is 0 Å². The molecule has 1 N–H and O–H groups in total. The number of rotatable bonds is 6. The summed E-state index contributed by atoms with van der Waals surface area (Å²) < 4.78 is 3.27. The van der Waals surface area contributed by atoms with Crippen LogP contribution in [0.3, 0.4) is 0 Å². The van der Waals surface area contributed by atoms with E-state index in [0.717, 1.165) is 11.3 Å². The summed E-state index contributed by atoms with van der Waals surface area (Å²) in [5.41, 5.74) is 1.65. The molecule has 0 spiro atoms. The van der Waals surface area contributed by atoms with Crippen LogP contribution in [0, 0.1) is 6.92 Å². The molecule has 142 valence electrons. The van der Waals surface area contributed by atoms with Crippen molar-refractivity contribution in [2.45, 2.75) is 26.4 Å². The van der Waals surface area contributed by atoms with Crippen molar-refractivity contribution in [2.75, 3.05) is 5.32 Å². The molecule has 0 aliphatic rings. The molecule has 3 aromatic rings. The molecule has 6 nitrogen and oxygen atoms in total. The molecular weight excluding hydrogens is 432 g/mol. The molecule has 3 rings (SSSR count). The minimum absolute atomic E-state index is 0.213. The summed E-state index contributed by atoms with van der Waals surface area (Å²) in [7, 11) is 0. The Balaban J connectivity index is 1.62. The van der Waals surface area contributed by atoms with E-state index in [0.29, 0.717) is 39.0 Å². The summed E-state index contributed by atoms with van der Waals surface area (Å²) in [5, 5.41) is 13.1. The fourth-order valence-electron chi connectivity index (χ4n) is 2.44. The van der Waals surface area contributed by atoms with E-state index in [1.807, 2.05) is 13.0 Å². The molecule has 0 bridgehead atoms. The van der Waals surface area contributed by atoms with Crippen LogP contribution in [-0.2, 0) is 17.9 Å². The fourth-order valence-corrected chi connectivity index (χ4v) is 3.25. The van der Waals surface area contributed by atoms with Gasteiger partial charge in [0.2, 0.25) is 5.91 Å². The van der Waals surface area contributed by atoms with Crippen molar-refractivity contribution >= 4 is 58.1 Å². The number of hydrogen-bond acceptors (Lipinski definition) is 3. The molecule has 1 aromatic carbocycles.